The minimum absolute atomic E-state index is 0.333. The lowest BCUT2D eigenvalue weighted by Gasteiger charge is -2.11. The van der Waals surface area contributed by atoms with Crippen LogP contribution in [0.15, 0.2) is 42.5 Å². The topological polar surface area (TPSA) is 62.1 Å². The molecule has 1 N–H and O–H groups in total. The maximum atomic E-state index is 12.2. The molecule has 0 spiro atoms. The van der Waals surface area contributed by atoms with Crippen molar-refractivity contribution < 1.29 is 9.53 Å². The van der Waals surface area contributed by atoms with Crippen LogP contribution in [0.5, 0.6) is 5.75 Å². The number of para-hydroxylation sites is 1. The van der Waals surface area contributed by atoms with Crippen molar-refractivity contribution in [2.45, 2.75) is 0 Å². The monoisotopic (exact) mass is 286 g/mol. The first-order valence-corrected chi connectivity index (χ1v) is 6.17. The summed E-state index contributed by atoms with van der Waals surface area (Å²) in [6, 6.07) is 13.6. The van der Waals surface area contributed by atoms with Gasteiger partial charge in [-0.1, -0.05) is 23.7 Å². The van der Waals surface area contributed by atoms with Gasteiger partial charge in [0.25, 0.3) is 5.91 Å². The number of rotatable bonds is 3. The maximum Gasteiger partial charge on any atom is 0.255 e. The van der Waals surface area contributed by atoms with E-state index in [9.17, 15) is 4.79 Å². The van der Waals surface area contributed by atoms with Crippen LogP contribution >= 0.6 is 11.6 Å². The Morgan fingerprint density at radius 2 is 2.05 bits per heavy atom. The molecule has 0 fully saturated rings. The first kappa shape index (κ1) is 13.9. The number of carbonyl (C=O) groups is 1. The van der Waals surface area contributed by atoms with Crippen LogP contribution in [0.3, 0.4) is 0 Å². The fraction of sp³-hybridized carbons (Fsp3) is 0.0667. The van der Waals surface area contributed by atoms with E-state index in [1.165, 1.54) is 7.11 Å². The molecule has 0 aliphatic rings. The minimum Gasteiger partial charge on any atom is -0.495 e. The number of anilines is 1. The van der Waals surface area contributed by atoms with Crippen molar-refractivity contribution in [3.63, 3.8) is 0 Å². The Morgan fingerprint density at radius 1 is 1.30 bits per heavy atom. The summed E-state index contributed by atoms with van der Waals surface area (Å²) < 4.78 is 5.16. The SMILES string of the molecule is COc1cccc(C#N)c1NC(=O)c1cccc(Cl)c1. The van der Waals surface area contributed by atoms with Gasteiger partial charge in [0.15, 0.2) is 0 Å². The number of benzene rings is 2. The number of nitriles is 1. The summed E-state index contributed by atoms with van der Waals surface area (Å²) >= 11 is 5.85. The summed E-state index contributed by atoms with van der Waals surface area (Å²) in [5.41, 5.74) is 1.09. The van der Waals surface area contributed by atoms with E-state index in [-0.39, 0.29) is 5.91 Å². The number of hydrogen-bond donors (Lipinski definition) is 1. The fourth-order valence-corrected chi connectivity index (χ4v) is 1.93. The maximum absolute atomic E-state index is 12.2. The van der Waals surface area contributed by atoms with Crippen molar-refractivity contribution in [2.24, 2.45) is 0 Å². The van der Waals surface area contributed by atoms with Crippen LogP contribution in [-0.4, -0.2) is 13.0 Å². The second-order valence-corrected chi connectivity index (χ2v) is 4.40. The molecule has 1 amide bonds. The highest BCUT2D eigenvalue weighted by atomic mass is 35.5. The first-order valence-electron chi connectivity index (χ1n) is 5.79. The van der Waals surface area contributed by atoms with Crippen molar-refractivity contribution in [1.29, 1.82) is 5.26 Å². The number of halogens is 1. The third kappa shape index (κ3) is 2.90. The smallest absolute Gasteiger partial charge is 0.255 e. The highest BCUT2D eigenvalue weighted by molar-refractivity contribution is 6.31. The van der Waals surface area contributed by atoms with Gasteiger partial charge >= 0.3 is 0 Å². The number of methoxy groups -OCH3 is 1. The van der Waals surface area contributed by atoms with Gasteiger partial charge in [-0.25, -0.2) is 0 Å². The molecule has 0 aromatic heterocycles. The van der Waals surface area contributed by atoms with Gasteiger partial charge in [-0.05, 0) is 30.3 Å². The zero-order valence-corrected chi connectivity index (χ0v) is 11.4. The summed E-state index contributed by atoms with van der Waals surface area (Å²) in [6.07, 6.45) is 0. The molecule has 0 radical (unpaired) electrons. The standard InChI is InChI=1S/C15H11ClN2O2/c1-20-13-7-3-5-11(9-17)14(13)18-15(19)10-4-2-6-12(16)8-10/h2-8H,1H3,(H,18,19). The number of carbonyl (C=O) groups excluding carboxylic acids is 1. The molecule has 0 saturated carbocycles. The summed E-state index contributed by atoms with van der Waals surface area (Å²) in [5.74, 6) is 0.0768. The lowest BCUT2D eigenvalue weighted by Crippen LogP contribution is -2.13. The van der Waals surface area contributed by atoms with Gasteiger partial charge in [-0.15, -0.1) is 0 Å². The lowest BCUT2D eigenvalue weighted by molar-refractivity contribution is 0.102. The molecular weight excluding hydrogens is 276 g/mol. The van der Waals surface area contributed by atoms with Crippen LogP contribution in [0.4, 0.5) is 5.69 Å². The van der Waals surface area contributed by atoms with Crippen LogP contribution in [0.25, 0.3) is 0 Å². The van der Waals surface area contributed by atoms with E-state index in [0.29, 0.717) is 27.6 Å². The van der Waals surface area contributed by atoms with Crippen LogP contribution in [0.2, 0.25) is 5.02 Å². The molecule has 2 rings (SSSR count). The number of nitrogens with zero attached hydrogens (tertiary/aromatic N) is 1. The Labute approximate surface area is 121 Å². The molecule has 0 unspecified atom stereocenters. The zero-order chi connectivity index (χ0) is 14.5. The van der Waals surface area contributed by atoms with Gasteiger partial charge in [0.1, 0.15) is 17.5 Å². The van der Waals surface area contributed by atoms with Gasteiger partial charge in [0.2, 0.25) is 0 Å². The van der Waals surface area contributed by atoms with Crippen molar-refractivity contribution >= 4 is 23.2 Å². The molecule has 0 aliphatic carbocycles. The number of nitrogens with one attached hydrogen (secondary N) is 1. The van der Waals surface area contributed by atoms with Crippen LogP contribution in [0, 0.1) is 11.3 Å². The van der Waals surface area contributed by atoms with E-state index in [1.807, 2.05) is 6.07 Å². The minimum atomic E-state index is -0.353. The number of ether oxygens (including phenoxy) is 1. The molecule has 0 heterocycles. The highest BCUT2D eigenvalue weighted by Crippen LogP contribution is 2.28. The summed E-state index contributed by atoms with van der Waals surface area (Å²) in [6.45, 7) is 0. The molecule has 0 atom stereocenters. The van der Waals surface area contributed by atoms with Gasteiger partial charge in [0.05, 0.1) is 12.7 Å². The number of hydrogen-bond acceptors (Lipinski definition) is 3. The Hall–Kier alpha value is -2.51. The third-order valence-corrected chi connectivity index (χ3v) is 2.93. The Balaban J connectivity index is 2.35. The normalized spacial score (nSPS) is 9.65. The molecule has 0 bridgehead atoms. The van der Waals surface area contributed by atoms with Gasteiger partial charge in [-0.3, -0.25) is 4.79 Å². The predicted molar refractivity (Wildman–Crippen MR) is 77.1 cm³/mol. The van der Waals surface area contributed by atoms with Crippen LogP contribution in [0.1, 0.15) is 15.9 Å². The van der Waals surface area contributed by atoms with Crippen LogP contribution in [-0.2, 0) is 0 Å². The first-order chi connectivity index (χ1) is 9.65. The molecule has 20 heavy (non-hydrogen) atoms. The average Bonchev–Trinajstić information content (AvgIpc) is 2.47. The number of amides is 1. The molecule has 4 nitrogen and oxygen atoms in total. The summed E-state index contributed by atoms with van der Waals surface area (Å²) in [4.78, 5) is 12.2. The highest BCUT2D eigenvalue weighted by Gasteiger charge is 2.13. The molecule has 0 aliphatic heterocycles. The van der Waals surface area contributed by atoms with Crippen molar-refractivity contribution in [3.8, 4) is 11.8 Å². The van der Waals surface area contributed by atoms with E-state index in [2.05, 4.69) is 5.32 Å². The van der Waals surface area contributed by atoms with Crippen molar-refractivity contribution in [2.75, 3.05) is 12.4 Å². The Morgan fingerprint density at radius 3 is 2.70 bits per heavy atom. The predicted octanol–water partition coefficient (Wildman–Crippen LogP) is 3.47. The average molecular weight is 287 g/mol. The van der Waals surface area contributed by atoms with Gasteiger partial charge in [0, 0.05) is 10.6 Å². The van der Waals surface area contributed by atoms with Crippen molar-refractivity contribution in [1.82, 2.24) is 0 Å². The molecule has 5 heteroatoms. The van der Waals surface area contributed by atoms with E-state index in [4.69, 9.17) is 21.6 Å². The van der Waals surface area contributed by atoms with Crippen LogP contribution < -0.4 is 10.1 Å². The summed E-state index contributed by atoms with van der Waals surface area (Å²) in [7, 11) is 1.48. The third-order valence-electron chi connectivity index (χ3n) is 2.69. The summed E-state index contributed by atoms with van der Waals surface area (Å²) in [5, 5.41) is 12.2. The molecule has 0 saturated heterocycles. The fourth-order valence-electron chi connectivity index (χ4n) is 1.74. The zero-order valence-electron chi connectivity index (χ0n) is 10.7. The van der Waals surface area contributed by atoms with E-state index in [1.54, 1.807) is 42.5 Å². The van der Waals surface area contributed by atoms with Gasteiger partial charge < -0.3 is 10.1 Å². The lowest BCUT2D eigenvalue weighted by atomic mass is 10.1. The quantitative estimate of drug-likeness (QED) is 0.939. The van der Waals surface area contributed by atoms with Gasteiger partial charge in [-0.2, -0.15) is 5.26 Å². The Bertz CT molecular complexity index is 693. The second kappa shape index (κ2) is 6.09. The molecule has 100 valence electrons. The van der Waals surface area contributed by atoms with E-state index in [0.717, 1.165) is 0 Å². The van der Waals surface area contributed by atoms with E-state index < -0.39 is 0 Å². The second-order valence-electron chi connectivity index (χ2n) is 3.96. The molecular formula is C15H11ClN2O2. The Kier molecular flexibility index (Phi) is 4.24. The molecule has 2 aromatic carbocycles. The van der Waals surface area contributed by atoms with E-state index >= 15 is 0 Å². The largest absolute Gasteiger partial charge is 0.495 e. The molecule has 2 aromatic rings. The van der Waals surface area contributed by atoms with Crippen molar-refractivity contribution in [3.05, 3.63) is 58.6 Å².